The average molecular weight is 268 g/mol. The lowest BCUT2D eigenvalue weighted by Gasteiger charge is -2.16. The maximum Gasteiger partial charge on any atom is 0.217 e. The highest BCUT2D eigenvalue weighted by Gasteiger charge is 2.19. The molecular weight excluding hydrogens is 261 g/mol. The van der Waals surface area contributed by atoms with Gasteiger partial charge in [0.15, 0.2) is 0 Å². The fourth-order valence-corrected chi connectivity index (χ4v) is 2.24. The Morgan fingerprint density at radius 1 is 1.33 bits per heavy atom. The van der Waals surface area contributed by atoms with Crippen molar-refractivity contribution in [3.05, 3.63) is 40.1 Å². The Kier molecular flexibility index (Phi) is 1.88. The second kappa shape index (κ2) is 3.13. The summed E-state index contributed by atoms with van der Waals surface area (Å²) in [6, 6.07) is 4.76. The molecule has 1 aromatic heterocycles. The third kappa shape index (κ3) is 1.38. The van der Waals surface area contributed by atoms with Crippen LogP contribution in [0.25, 0.3) is 5.69 Å². The molecule has 0 unspecified atom stereocenters. The Labute approximate surface area is 94.1 Å². The van der Waals surface area contributed by atoms with Crippen molar-refractivity contribution in [3.8, 4) is 5.69 Å². The Morgan fingerprint density at radius 3 is 3.07 bits per heavy atom. The van der Waals surface area contributed by atoms with E-state index in [1.54, 1.807) is 16.8 Å². The van der Waals surface area contributed by atoms with Gasteiger partial charge in [0.1, 0.15) is 11.6 Å². The van der Waals surface area contributed by atoms with Crippen molar-refractivity contribution in [2.45, 2.75) is 12.8 Å². The summed E-state index contributed by atoms with van der Waals surface area (Å²) in [5, 5.41) is 4.22. The molecule has 0 atom stereocenters. The average Bonchev–Trinajstić information content (AvgIpc) is 2.58. The van der Waals surface area contributed by atoms with Crippen LogP contribution >= 0.6 is 15.9 Å². The second-order valence-corrected chi connectivity index (χ2v) is 4.19. The van der Waals surface area contributed by atoms with Crippen LogP contribution in [-0.4, -0.2) is 14.8 Å². The summed E-state index contributed by atoms with van der Waals surface area (Å²) in [4.78, 5) is 4.25. The van der Waals surface area contributed by atoms with Gasteiger partial charge in [-0.25, -0.2) is 14.1 Å². The van der Waals surface area contributed by atoms with Crippen LogP contribution < -0.4 is 0 Å². The van der Waals surface area contributed by atoms with E-state index in [1.807, 2.05) is 0 Å². The molecule has 0 aliphatic carbocycles. The second-order valence-electron chi connectivity index (χ2n) is 3.48. The minimum atomic E-state index is -0.198. The van der Waals surface area contributed by atoms with Crippen LogP contribution in [0, 0.1) is 5.82 Å². The molecule has 1 aromatic carbocycles. The lowest BCUT2D eigenvalue weighted by molar-refractivity contribution is 0.619. The molecule has 0 N–H and O–H groups in total. The van der Waals surface area contributed by atoms with Gasteiger partial charge in [0.2, 0.25) is 4.73 Å². The summed E-state index contributed by atoms with van der Waals surface area (Å²) in [6.45, 7) is 0. The zero-order valence-corrected chi connectivity index (χ0v) is 9.33. The predicted octanol–water partition coefficient (Wildman–Crippen LogP) is 2.27. The van der Waals surface area contributed by atoms with E-state index in [4.69, 9.17) is 0 Å². The molecule has 3 nitrogen and oxygen atoms in total. The van der Waals surface area contributed by atoms with Gasteiger partial charge in [0.25, 0.3) is 0 Å². The van der Waals surface area contributed by atoms with Crippen LogP contribution in [0.4, 0.5) is 4.39 Å². The van der Waals surface area contributed by atoms with E-state index in [0.717, 1.165) is 29.9 Å². The minimum Gasteiger partial charge on any atom is -0.216 e. The van der Waals surface area contributed by atoms with E-state index in [9.17, 15) is 4.39 Å². The van der Waals surface area contributed by atoms with Crippen molar-refractivity contribution in [3.63, 3.8) is 0 Å². The van der Waals surface area contributed by atoms with E-state index >= 15 is 0 Å². The number of benzene rings is 1. The van der Waals surface area contributed by atoms with E-state index in [1.165, 1.54) is 6.07 Å². The van der Waals surface area contributed by atoms with Gasteiger partial charge in [-0.05, 0) is 46.1 Å². The van der Waals surface area contributed by atoms with Gasteiger partial charge in [0, 0.05) is 6.42 Å². The van der Waals surface area contributed by atoms with Crippen molar-refractivity contribution < 1.29 is 4.39 Å². The highest BCUT2D eigenvalue weighted by atomic mass is 79.9. The van der Waals surface area contributed by atoms with Crippen LogP contribution in [-0.2, 0) is 12.8 Å². The van der Waals surface area contributed by atoms with Crippen molar-refractivity contribution >= 4 is 15.9 Å². The number of rotatable bonds is 0. The maximum absolute atomic E-state index is 13.0. The SMILES string of the molecule is Fc1ccc2c(c1)CCc1nc(Br)nn1-2. The first-order valence-electron chi connectivity index (χ1n) is 4.64. The van der Waals surface area contributed by atoms with E-state index in [0.29, 0.717) is 4.73 Å². The van der Waals surface area contributed by atoms with Crippen LogP contribution in [0.1, 0.15) is 11.4 Å². The molecule has 0 bridgehead atoms. The number of fused-ring (bicyclic) bond motifs is 3. The summed E-state index contributed by atoms with van der Waals surface area (Å²) in [7, 11) is 0. The molecule has 15 heavy (non-hydrogen) atoms. The third-order valence-electron chi connectivity index (χ3n) is 2.54. The number of hydrogen-bond acceptors (Lipinski definition) is 2. The highest BCUT2D eigenvalue weighted by molar-refractivity contribution is 9.10. The van der Waals surface area contributed by atoms with Crippen molar-refractivity contribution in [2.24, 2.45) is 0 Å². The van der Waals surface area contributed by atoms with Gasteiger partial charge >= 0.3 is 0 Å². The van der Waals surface area contributed by atoms with E-state index in [-0.39, 0.29) is 5.82 Å². The lowest BCUT2D eigenvalue weighted by Crippen LogP contribution is -2.13. The highest BCUT2D eigenvalue weighted by Crippen LogP contribution is 2.24. The maximum atomic E-state index is 13.0. The molecule has 76 valence electrons. The van der Waals surface area contributed by atoms with Gasteiger partial charge < -0.3 is 0 Å². The Balaban J connectivity index is 2.25. The summed E-state index contributed by atoms with van der Waals surface area (Å²) in [5.41, 5.74) is 1.91. The van der Waals surface area contributed by atoms with Crippen LogP contribution in [0.2, 0.25) is 0 Å². The molecule has 2 heterocycles. The molecule has 2 aromatic rings. The minimum absolute atomic E-state index is 0.198. The number of aromatic nitrogens is 3. The van der Waals surface area contributed by atoms with Gasteiger partial charge in [-0.1, -0.05) is 0 Å². The topological polar surface area (TPSA) is 30.7 Å². The predicted molar refractivity (Wildman–Crippen MR) is 56.4 cm³/mol. The van der Waals surface area contributed by atoms with Crippen LogP contribution in [0.3, 0.4) is 0 Å². The van der Waals surface area contributed by atoms with E-state index in [2.05, 4.69) is 26.0 Å². The fourth-order valence-electron chi connectivity index (χ4n) is 1.88. The summed E-state index contributed by atoms with van der Waals surface area (Å²) in [6.07, 6.45) is 1.62. The first-order valence-corrected chi connectivity index (χ1v) is 5.43. The third-order valence-corrected chi connectivity index (χ3v) is 2.87. The van der Waals surface area contributed by atoms with Crippen molar-refractivity contribution in [1.29, 1.82) is 0 Å². The quantitative estimate of drug-likeness (QED) is 0.733. The van der Waals surface area contributed by atoms with Crippen LogP contribution in [0.15, 0.2) is 22.9 Å². The van der Waals surface area contributed by atoms with Gasteiger partial charge in [-0.2, -0.15) is 0 Å². The summed E-state index contributed by atoms with van der Waals surface area (Å²) >= 11 is 3.24. The smallest absolute Gasteiger partial charge is 0.216 e. The first-order chi connectivity index (χ1) is 7.24. The van der Waals surface area contributed by atoms with Gasteiger partial charge in [0.05, 0.1) is 5.69 Å². The van der Waals surface area contributed by atoms with Crippen LogP contribution in [0.5, 0.6) is 0 Å². The number of aryl methyl sites for hydroxylation is 2. The monoisotopic (exact) mass is 267 g/mol. The number of nitrogens with zero attached hydrogens (tertiary/aromatic N) is 3. The molecule has 1 aliphatic rings. The number of halogens is 2. The van der Waals surface area contributed by atoms with Gasteiger partial charge in [-0.15, -0.1) is 5.10 Å². The zero-order valence-electron chi connectivity index (χ0n) is 7.74. The molecule has 1 aliphatic heterocycles. The molecule has 0 amide bonds. The molecule has 3 rings (SSSR count). The molecule has 0 radical (unpaired) electrons. The Bertz CT molecular complexity index is 535. The Morgan fingerprint density at radius 2 is 2.20 bits per heavy atom. The summed E-state index contributed by atoms with van der Waals surface area (Å²) in [5.74, 6) is 0.720. The summed E-state index contributed by atoms with van der Waals surface area (Å²) < 4.78 is 15.4. The normalized spacial score (nSPS) is 13.5. The van der Waals surface area contributed by atoms with Crippen molar-refractivity contribution in [2.75, 3.05) is 0 Å². The Hall–Kier alpha value is -1.23. The van der Waals surface area contributed by atoms with E-state index < -0.39 is 0 Å². The zero-order chi connectivity index (χ0) is 10.4. The largest absolute Gasteiger partial charge is 0.217 e. The molecular formula is C10H7BrFN3. The van der Waals surface area contributed by atoms with Crippen molar-refractivity contribution in [1.82, 2.24) is 14.8 Å². The molecule has 0 saturated heterocycles. The van der Waals surface area contributed by atoms with Gasteiger partial charge in [-0.3, -0.25) is 0 Å². The first kappa shape index (κ1) is 9.03. The standard InChI is InChI=1S/C10H7BrFN3/c11-10-13-9-4-1-6-5-7(12)2-3-8(6)15(9)14-10/h2-3,5H,1,4H2. The molecule has 5 heteroatoms. The number of hydrogen-bond donors (Lipinski definition) is 0. The fraction of sp³-hybridized carbons (Fsp3) is 0.200. The molecule has 0 spiro atoms. The lowest BCUT2D eigenvalue weighted by atomic mass is 10.0. The molecule has 0 fully saturated rings. The molecule has 0 saturated carbocycles.